The van der Waals surface area contributed by atoms with E-state index in [4.69, 9.17) is 27.9 Å². The lowest BCUT2D eigenvalue weighted by Crippen LogP contribution is -2.60. The number of aromatic hydroxyl groups is 1. The van der Waals surface area contributed by atoms with Crippen molar-refractivity contribution in [2.45, 2.75) is 28.5 Å². The van der Waals surface area contributed by atoms with Crippen LogP contribution in [0.1, 0.15) is 24.3 Å². The lowest BCUT2D eigenvalue weighted by molar-refractivity contribution is -0.125. The summed E-state index contributed by atoms with van der Waals surface area (Å²) in [5.74, 6) is -7.69. The molecule has 2 aliphatic heterocycles. The zero-order chi connectivity index (χ0) is 35.3. The molecule has 3 aromatic rings. The normalized spacial score (nSPS) is 29.1. The van der Waals surface area contributed by atoms with Gasteiger partial charge >= 0.3 is 7.12 Å². The van der Waals surface area contributed by atoms with Crippen LogP contribution in [0.5, 0.6) is 11.5 Å². The molecule has 6 atom stereocenters. The number of benzene rings is 3. The fourth-order valence-corrected chi connectivity index (χ4v) is 9.68. The zero-order valence-electron chi connectivity index (χ0n) is 25.2. The summed E-state index contributed by atoms with van der Waals surface area (Å²) in [6.07, 6.45) is 1.52. The summed E-state index contributed by atoms with van der Waals surface area (Å²) < 4.78 is 19.8. The first kappa shape index (κ1) is 34.2. The third-order valence-electron chi connectivity index (χ3n) is 10.0. The van der Waals surface area contributed by atoms with E-state index in [9.17, 15) is 38.7 Å². The topological polar surface area (TPSA) is 145 Å². The van der Waals surface area contributed by atoms with E-state index in [1.54, 1.807) is 6.08 Å². The zero-order valence-corrected chi connectivity index (χ0v) is 29.9. The lowest BCUT2D eigenvalue weighted by atomic mass is 9.56. The Morgan fingerprint density at radius 3 is 2.27 bits per heavy atom. The summed E-state index contributed by atoms with van der Waals surface area (Å²) >= 11 is 21.7. The van der Waals surface area contributed by atoms with Gasteiger partial charge in [0.1, 0.15) is 5.82 Å². The van der Waals surface area contributed by atoms with Crippen LogP contribution in [0.3, 0.4) is 0 Å². The summed E-state index contributed by atoms with van der Waals surface area (Å²) in [7, 11) is -0.511. The predicted molar refractivity (Wildman–Crippen MR) is 185 cm³/mol. The molecule has 49 heavy (non-hydrogen) atoms. The first-order valence-corrected chi connectivity index (χ1v) is 17.3. The minimum absolute atomic E-state index is 0.0123. The summed E-state index contributed by atoms with van der Waals surface area (Å²) in [5, 5.41) is 30.2. The Balaban J connectivity index is 1.43. The molecule has 252 valence electrons. The van der Waals surface area contributed by atoms with Crippen molar-refractivity contribution in [3.63, 3.8) is 0 Å². The number of alkyl halides is 2. The van der Waals surface area contributed by atoms with Gasteiger partial charge in [0, 0.05) is 10.4 Å². The van der Waals surface area contributed by atoms with Gasteiger partial charge in [0.25, 0.3) is 11.8 Å². The molecule has 3 N–H and O–H groups in total. The van der Waals surface area contributed by atoms with Crippen molar-refractivity contribution in [3.8, 4) is 11.5 Å². The molecule has 0 unspecified atom stereocenters. The SMILES string of the molecule is COc1cc([C@H]2C3=CC[C@@H]4C(=O)N(c5cccc(B(O)O)c5)C(=O)[C@@H]4[C@@H]3C[C@@]3(Cl)C(=O)N(c4ccc(F)cc4)C(=O)[C@@]23Cl)c(Br)c(Br)c1O. The Hall–Kier alpha value is -3.27. The van der Waals surface area contributed by atoms with Crippen LogP contribution in [0.2, 0.25) is 0 Å². The second kappa shape index (κ2) is 11.9. The molecule has 3 aromatic carbocycles. The van der Waals surface area contributed by atoms with E-state index < -0.39 is 70.0 Å². The van der Waals surface area contributed by atoms with Gasteiger partial charge in [-0.3, -0.25) is 24.1 Å². The molecule has 4 aliphatic rings. The fourth-order valence-electron chi connectivity index (χ4n) is 7.80. The number of phenols is 1. The monoisotopic (exact) mass is 834 g/mol. The lowest BCUT2D eigenvalue weighted by Gasteiger charge is -2.51. The Morgan fingerprint density at radius 2 is 1.61 bits per heavy atom. The molecule has 2 heterocycles. The average molecular weight is 837 g/mol. The Kier molecular flexibility index (Phi) is 8.32. The molecule has 0 aromatic heterocycles. The van der Waals surface area contributed by atoms with E-state index in [0.717, 1.165) is 21.9 Å². The Bertz CT molecular complexity index is 2020. The Morgan fingerprint density at radius 1 is 0.918 bits per heavy atom. The molecule has 16 heteroatoms. The van der Waals surface area contributed by atoms with Crippen LogP contribution in [-0.4, -0.2) is 62.8 Å². The minimum Gasteiger partial charge on any atom is -0.503 e. The van der Waals surface area contributed by atoms with Crippen LogP contribution in [0.25, 0.3) is 0 Å². The van der Waals surface area contributed by atoms with Gasteiger partial charge in [-0.1, -0.05) is 23.8 Å². The van der Waals surface area contributed by atoms with Gasteiger partial charge in [0.05, 0.1) is 34.8 Å². The van der Waals surface area contributed by atoms with Crippen molar-refractivity contribution >= 4 is 103 Å². The van der Waals surface area contributed by atoms with Crippen molar-refractivity contribution in [1.29, 1.82) is 0 Å². The number of hydrogen-bond acceptors (Lipinski definition) is 8. The molecule has 3 fully saturated rings. The highest BCUT2D eigenvalue weighted by Gasteiger charge is 2.77. The smallest absolute Gasteiger partial charge is 0.488 e. The third-order valence-corrected chi connectivity index (χ3v) is 13.6. The number of imide groups is 2. The highest BCUT2D eigenvalue weighted by molar-refractivity contribution is 9.13. The second-order valence-corrected chi connectivity index (χ2v) is 15.2. The number of allylic oxidation sites excluding steroid dienone is 2. The number of amides is 4. The van der Waals surface area contributed by atoms with E-state index in [1.807, 2.05) is 0 Å². The van der Waals surface area contributed by atoms with Gasteiger partial charge in [-0.25, -0.2) is 9.29 Å². The number of rotatable bonds is 5. The number of carbonyl (C=O) groups is 4. The van der Waals surface area contributed by atoms with E-state index in [1.165, 1.54) is 49.6 Å². The number of ether oxygens (including phenoxy) is 1. The molecule has 0 radical (unpaired) electrons. The van der Waals surface area contributed by atoms with Gasteiger partial charge in [0.2, 0.25) is 11.8 Å². The number of halogens is 5. The number of anilines is 2. The van der Waals surface area contributed by atoms with Crippen LogP contribution < -0.4 is 20.0 Å². The molecule has 10 nitrogen and oxygen atoms in total. The maximum absolute atomic E-state index is 14.6. The maximum Gasteiger partial charge on any atom is 0.488 e. The van der Waals surface area contributed by atoms with Crippen molar-refractivity contribution in [1.82, 2.24) is 0 Å². The van der Waals surface area contributed by atoms with E-state index >= 15 is 0 Å². The quantitative estimate of drug-likeness (QED) is 0.148. The molecule has 0 bridgehead atoms. The number of phenolic OH excluding ortho intramolecular Hbond substituents is 1. The van der Waals surface area contributed by atoms with Gasteiger partial charge in [-0.05, 0) is 104 Å². The molecule has 0 spiro atoms. The summed E-state index contributed by atoms with van der Waals surface area (Å²) in [6, 6.07) is 11.9. The van der Waals surface area contributed by atoms with Crippen molar-refractivity contribution in [3.05, 3.63) is 86.6 Å². The summed E-state index contributed by atoms with van der Waals surface area (Å²) in [6.45, 7) is 0. The number of nitrogens with zero attached hydrogens (tertiary/aromatic N) is 2. The number of methoxy groups -OCH3 is 1. The van der Waals surface area contributed by atoms with Crippen molar-refractivity contribution in [2.24, 2.45) is 17.8 Å². The number of carbonyl (C=O) groups excluding carboxylic acids is 4. The van der Waals surface area contributed by atoms with Gasteiger partial charge < -0.3 is 19.9 Å². The van der Waals surface area contributed by atoms with Crippen LogP contribution in [0.15, 0.2) is 75.2 Å². The molecule has 7 rings (SSSR count). The first-order chi connectivity index (χ1) is 23.2. The van der Waals surface area contributed by atoms with Crippen LogP contribution in [-0.2, 0) is 19.2 Å². The van der Waals surface area contributed by atoms with Crippen molar-refractivity contribution in [2.75, 3.05) is 16.9 Å². The predicted octanol–water partition coefficient (Wildman–Crippen LogP) is 4.51. The number of fused-ring (bicyclic) bond motifs is 4. The summed E-state index contributed by atoms with van der Waals surface area (Å²) in [5.41, 5.74) is 1.03. The van der Waals surface area contributed by atoms with Gasteiger partial charge in [0.15, 0.2) is 21.2 Å². The third kappa shape index (κ3) is 4.71. The van der Waals surface area contributed by atoms with E-state index in [-0.39, 0.29) is 50.1 Å². The van der Waals surface area contributed by atoms with E-state index in [2.05, 4.69) is 31.9 Å². The minimum atomic E-state index is -2.21. The van der Waals surface area contributed by atoms with Crippen LogP contribution in [0, 0.1) is 23.6 Å². The molecule has 4 amide bonds. The standard InChI is InChI=1S/C33H24BBr2Cl2FN2O8/c1-49-22-12-20(25(35)26(36)27(22)42)24-18-9-10-19-23(29(44)40(28(19)43)17-4-2-3-14(11-17)34(47)48)21(18)13-32(37)30(45)41(31(46)33(24,32)38)16-7-5-15(39)6-8-16/h2-9,11-12,19,21,23-24,42,47-48H,10,13H2,1H3/t19-,21+,23-,24+,32+,33-/m0/s1. The van der Waals surface area contributed by atoms with Gasteiger partial charge in [-0.15, -0.1) is 23.2 Å². The van der Waals surface area contributed by atoms with Crippen LogP contribution in [0.4, 0.5) is 15.8 Å². The average Bonchev–Trinajstić information content (AvgIpc) is 3.42. The van der Waals surface area contributed by atoms with E-state index in [0.29, 0.717) is 11.1 Å². The molecule has 2 saturated heterocycles. The van der Waals surface area contributed by atoms with Crippen LogP contribution >= 0.6 is 55.1 Å². The molecular weight excluding hydrogens is 813 g/mol. The Labute approximate surface area is 305 Å². The fraction of sp³-hybridized carbons (Fsp3) is 0.273. The highest BCUT2D eigenvalue weighted by Crippen LogP contribution is 2.67. The van der Waals surface area contributed by atoms with Crippen molar-refractivity contribution < 1.29 is 43.5 Å². The van der Waals surface area contributed by atoms with Gasteiger partial charge in [-0.2, -0.15) is 0 Å². The second-order valence-electron chi connectivity index (χ2n) is 12.4. The maximum atomic E-state index is 14.6. The molecular formula is C33H24BBr2Cl2FN2O8. The summed E-state index contributed by atoms with van der Waals surface area (Å²) in [4.78, 5) is 54.7. The first-order valence-electron chi connectivity index (χ1n) is 15.0. The largest absolute Gasteiger partial charge is 0.503 e. The molecule has 1 saturated carbocycles. The number of hydrogen-bond donors (Lipinski definition) is 3. The highest BCUT2D eigenvalue weighted by atomic mass is 79.9. The molecule has 2 aliphatic carbocycles.